The molecule has 1 N–H and O–H groups in total. The summed E-state index contributed by atoms with van der Waals surface area (Å²) in [7, 11) is 4.23. The number of aromatic hydroxyl groups is 1. The molecule has 2 heterocycles. The predicted octanol–water partition coefficient (Wildman–Crippen LogP) is 6.36. The van der Waals surface area contributed by atoms with Gasteiger partial charge in [-0.1, -0.05) is 32.9 Å². The summed E-state index contributed by atoms with van der Waals surface area (Å²) in [6, 6.07) is 6.70. The maximum absolute atomic E-state index is 14.6. The molecule has 2 aliphatic rings. The van der Waals surface area contributed by atoms with E-state index in [0.717, 1.165) is 5.56 Å². The minimum absolute atomic E-state index is 0.118. The summed E-state index contributed by atoms with van der Waals surface area (Å²) in [4.78, 5) is 33.8. The first-order chi connectivity index (χ1) is 18.4. The minimum atomic E-state index is -1.58. The fourth-order valence-electron chi connectivity index (χ4n) is 7.26. The molecule has 3 rings (SSSR count). The lowest BCUT2D eigenvalue weighted by atomic mass is 9.63. The second kappa shape index (κ2) is 10.9. The van der Waals surface area contributed by atoms with Gasteiger partial charge in [0.25, 0.3) is 0 Å². The number of phenolic OH excluding ortho intramolecular Hbond substituents is 1. The van der Waals surface area contributed by atoms with Gasteiger partial charge in [-0.05, 0) is 99.0 Å². The van der Waals surface area contributed by atoms with Crippen molar-refractivity contribution in [1.82, 2.24) is 9.80 Å². The molecule has 0 radical (unpaired) electrons. The summed E-state index contributed by atoms with van der Waals surface area (Å²) in [5.74, 6) is -0.932. The third-order valence-corrected chi connectivity index (χ3v) is 10.5. The molecule has 0 bridgehead atoms. The van der Waals surface area contributed by atoms with Crippen LogP contribution in [-0.2, 0) is 25.5 Å². The Morgan fingerprint density at radius 3 is 1.34 bits per heavy atom. The van der Waals surface area contributed by atoms with Crippen LogP contribution in [0.3, 0.4) is 0 Å². The highest BCUT2D eigenvalue weighted by Gasteiger charge is 2.59. The standard InChI is InChI=1S/C34H56N2O5/c1-29(2,3)34(18-23-14-16-24(37)17-15-23,27(38)40-25-19-30(4,5)35(12)31(6,7)20-25)28(39)41-26-21-32(8,9)36(13)33(10,11)22-26/h14-17,25-26,37H,18-22H2,1-13H3. The van der Waals surface area contributed by atoms with E-state index in [0.29, 0.717) is 25.7 Å². The van der Waals surface area contributed by atoms with Gasteiger partial charge in [0.15, 0.2) is 5.41 Å². The topological polar surface area (TPSA) is 79.3 Å². The number of hydrogen-bond acceptors (Lipinski definition) is 7. The fraction of sp³-hybridized carbons (Fsp3) is 0.765. The molecule has 0 saturated carbocycles. The Hall–Kier alpha value is -2.12. The highest BCUT2D eigenvalue weighted by Crippen LogP contribution is 2.48. The maximum atomic E-state index is 14.6. The van der Waals surface area contributed by atoms with Gasteiger partial charge in [-0.3, -0.25) is 19.4 Å². The number of likely N-dealkylation sites (tertiary alicyclic amines) is 2. The van der Waals surface area contributed by atoms with Gasteiger partial charge in [-0.25, -0.2) is 0 Å². The number of hydrogen-bond donors (Lipinski definition) is 1. The zero-order valence-corrected chi connectivity index (χ0v) is 28.0. The molecule has 0 aliphatic carbocycles. The molecule has 7 nitrogen and oxygen atoms in total. The summed E-state index contributed by atoms with van der Waals surface area (Å²) in [6.07, 6.45) is 2.13. The SMILES string of the molecule is CN1C(C)(C)CC(OC(=O)C(Cc2ccc(O)cc2)(C(=O)OC2CC(C)(C)N(C)C(C)(C)C2)C(C)(C)C)CC1(C)C. The van der Waals surface area contributed by atoms with Gasteiger partial charge in [0, 0.05) is 47.8 Å². The second-order valence-electron chi connectivity index (χ2n) is 16.2. The Balaban J connectivity index is 2.04. The molecule has 0 spiro atoms. The van der Waals surface area contributed by atoms with E-state index >= 15 is 0 Å². The van der Waals surface area contributed by atoms with E-state index in [9.17, 15) is 14.7 Å². The molecule has 0 atom stereocenters. The Kier molecular flexibility index (Phi) is 8.84. The van der Waals surface area contributed by atoms with Crippen LogP contribution >= 0.6 is 0 Å². The lowest BCUT2D eigenvalue weighted by Crippen LogP contribution is -2.62. The molecule has 1 aromatic carbocycles. The predicted molar refractivity (Wildman–Crippen MR) is 164 cm³/mol. The maximum Gasteiger partial charge on any atom is 0.324 e. The molecule has 0 amide bonds. The number of phenols is 1. The third-order valence-electron chi connectivity index (χ3n) is 10.5. The first-order valence-electron chi connectivity index (χ1n) is 15.1. The monoisotopic (exact) mass is 572 g/mol. The minimum Gasteiger partial charge on any atom is -0.508 e. The number of carbonyl (C=O) groups excluding carboxylic acids is 2. The molecule has 0 aromatic heterocycles. The summed E-state index contributed by atoms with van der Waals surface area (Å²) in [6.45, 7) is 23.1. The molecule has 2 fully saturated rings. The molecule has 2 saturated heterocycles. The smallest absolute Gasteiger partial charge is 0.324 e. The first-order valence-corrected chi connectivity index (χ1v) is 15.1. The van der Waals surface area contributed by atoms with Gasteiger partial charge in [0.05, 0.1) is 0 Å². The van der Waals surface area contributed by atoms with Crippen molar-refractivity contribution >= 4 is 11.9 Å². The fourth-order valence-corrected chi connectivity index (χ4v) is 7.26. The van der Waals surface area contributed by atoms with Crippen LogP contribution in [0.4, 0.5) is 0 Å². The van der Waals surface area contributed by atoms with Crippen molar-refractivity contribution in [2.45, 2.75) is 143 Å². The molecule has 7 heteroatoms. The van der Waals surface area contributed by atoms with Crippen LogP contribution < -0.4 is 0 Å². The molecular formula is C34H56N2O5. The highest BCUT2D eigenvalue weighted by atomic mass is 16.6. The number of ether oxygens (including phenoxy) is 2. The number of nitrogens with zero attached hydrogens (tertiary/aromatic N) is 2. The van der Waals surface area contributed by atoms with E-state index in [2.05, 4.69) is 79.3 Å². The Morgan fingerprint density at radius 1 is 0.732 bits per heavy atom. The van der Waals surface area contributed by atoms with E-state index in [1.54, 1.807) is 24.3 Å². The van der Waals surface area contributed by atoms with Gasteiger partial charge >= 0.3 is 11.9 Å². The Labute approximate surface area is 249 Å². The van der Waals surface area contributed by atoms with Crippen molar-refractivity contribution in [1.29, 1.82) is 0 Å². The quantitative estimate of drug-likeness (QED) is 0.314. The van der Waals surface area contributed by atoms with Crippen LogP contribution in [0.2, 0.25) is 0 Å². The second-order valence-corrected chi connectivity index (χ2v) is 16.2. The summed E-state index contributed by atoms with van der Waals surface area (Å²) in [5, 5.41) is 9.91. The largest absolute Gasteiger partial charge is 0.508 e. The lowest BCUT2D eigenvalue weighted by Gasteiger charge is -2.54. The Bertz CT molecular complexity index is 1020. The summed E-state index contributed by atoms with van der Waals surface area (Å²) >= 11 is 0. The van der Waals surface area contributed by atoms with E-state index in [1.165, 1.54) is 0 Å². The highest BCUT2D eigenvalue weighted by molar-refractivity contribution is 6.01. The van der Waals surface area contributed by atoms with Crippen LogP contribution in [0, 0.1) is 10.8 Å². The lowest BCUT2D eigenvalue weighted by molar-refractivity contribution is -0.196. The number of benzene rings is 1. The summed E-state index contributed by atoms with van der Waals surface area (Å²) in [5.41, 5.74) is -2.36. The van der Waals surface area contributed by atoms with Gasteiger partial charge in [0.1, 0.15) is 18.0 Å². The van der Waals surface area contributed by atoms with Gasteiger partial charge < -0.3 is 14.6 Å². The molecule has 41 heavy (non-hydrogen) atoms. The number of rotatable bonds is 6. The van der Waals surface area contributed by atoms with Crippen molar-refractivity contribution in [3.8, 4) is 5.75 Å². The van der Waals surface area contributed by atoms with Crippen molar-refractivity contribution in [2.75, 3.05) is 14.1 Å². The van der Waals surface area contributed by atoms with Crippen molar-refractivity contribution in [3.05, 3.63) is 29.8 Å². The van der Waals surface area contributed by atoms with Crippen LogP contribution in [0.15, 0.2) is 24.3 Å². The van der Waals surface area contributed by atoms with E-state index < -0.39 is 22.8 Å². The average molecular weight is 573 g/mol. The third kappa shape index (κ3) is 6.61. The molecule has 232 valence electrons. The van der Waals surface area contributed by atoms with Crippen LogP contribution in [-0.4, -0.2) is 75.3 Å². The van der Waals surface area contributed by atoms with E-state index in [-0.39, 0.29) is 46.5 Å². The van der Waals surface area contributed by atoms with Crippen molar-refractivity contribution < 1.29 is 24.2 Å². The van der Waals surface area contributed by atoms with Crippen LogP contribution in [0.1, 0.15) is 107 Å². The van der Waals surface area contributed by atoms with Crippen LogP contribution in [0.5, 0.6) is 5.75 Å². The van der Waals surface area contributed by atoms with E-state index in [4.69, 9.17) is 9.47 Å². The number of esters is 2. The normalized spacial score (nSPS) is 23.6. The number of carbonyl (C=O) groups is 2. The first kappa shape index (κ1) is 33.4. The van der Waals surface area contributed by atoms with Gasteiger partial charge in [-0.15, -0.1) is 0 Å². The zero-order valence-electron chi connectivity index (χ0n) is 28.0. The van der Waals surface area contributed by atoms with E-state index in [1.807, 2.05) is 20.8 Å². The summed E-state index contributed by atoms with van der Waals surface area (Å²) < 4.78 is 12.8. The zero-order chi connectivity index (χ0) is 31.4. The average Bonchev–Trinajstić information content (AvgIpc) is 2.78. The van der Waals surface area contributed by atoms with Crippen molar-refractivity contribution in [3.63, 3.8) is 0 Å². The number of piperidine rings is 2. The molecule has 2 aliphatic heterocycles. The van der Waals surface area contributed by atoms with Crippen molar-refractivity contribution in [2.24, 2.45) is 10.8 Å². The van der Waals surface area contributed by atoms with Gasteiger partial charge in [-0.2, -0.15) is 0 Å². The van der Waals surface area contributed by atoms with Gasteiger partial charge in [0.2, 0.25) is 0 Å². The molecule has 0 unspecified atom stereocenters. The molecular weight excluding hydrogens is 516 g/mol. The molecule has 1 aromatic rings. The van der Waals surface area contributed by atoms with Crippen LogP contribution in [0.25, 0.3) is 0 Å². The Morgan fingerprint density at radius 2 is 1.05 bits per heavy atom.